The first kappa shape index (κ1) is 17.0. The molecular weight excluding hydrogens is 328 g/mol. The Morgan fingerprint density at radius 1 is 1.33 bits per heavy atom. The van der Waals surface area contributed by atoms with E-state index in [1.54, 1.807) is 15.5 Å². The van der Waals surface area contributed by atoms with Crippen molar-refractivity contribution in [2.45, 2.75) is 52.5 Å². The van der Waals surface area contributed by atoms with Gasteiger partial charge in [0.05, 0.1) is 11.2 Å². The molecule has 1 fully saturated rings. The van der Waals surface area contributed by atoms with Crippen molar-refractivity contribution < 1.29 is 9.90 Å². The summed E-state index contributed by atoms with van der Waals surface area (Å²) in [5.74, 6) is 0. The van der Waals surface area contributed by atoms with Gasteiger partial charge in [0, 0.05) is 18.3 Å². The van der Waals surface area contributed by atoms with Crippen LogP contribution in [-0.4, -0.2) is 37.2 Å². The number of carbonyl (C=O) groups is 1. The van der Waals surface area contributed by atoms with E-state index in [0.29, 0.717) is 17.3 Å². The largest absolute Gasteiger partial charge is 0.465 e. The first-order chi connectivity index (χ1) is 11.2. The summed E-state index contributed by atoms with van der Waals surface area (Å²) < 4.78 is 1.59. The van der Waals surface area contributed by atoms with E-state index in [0.717, 1.165) is 30.7 Å². The van der Waals surface area contributed by atoms with Crippen molar-refractivity contribution in [1.82, 2.24) is 19.5 Å². The third-order valence-corrected chi connectivity index (χ3v) is 5.31. The summed E-state index contributed by atoms with van der Waals surface area (Å²) >= 11 is 6.30. The molecule has 0 aliphatic carbocycles. The van der Waals surface area contributed by atoms with Crippen LogP contribution >= 0.6 is 11.6 Å². The van der Waals surface area contributed by atoms with E-state index < -0.39 is 11.6 Å². The Morgan fingerprint density at radius 3 is 2.67 bits per heavy atom. The Kier molecular flexibility index (Phi) is 3.98. The third kappa shape index (κ3) is 2.44. The van der Waals surface area contributed by atoms with Gasteiger partial charge in [-0.1, -0.05) is 32.4 Å². The van der Waals surface area contributed by atoms with Crippen LogP contribution in [0.15, 0.2) is 12.1 Å². The Balaban J connectivity index is 2.27. The van der Waals surface area contributed by atoms with Crippen LogP contribution in [-0.2, 0) is 5.54 Å². The fourth-order valence-corrected chi connectivity index (χ4v) is 4.20. The smallest absolute Gasteiger partial charge is 0.408 e. The SMILES string of the molecule is Cc1cc(Cl)n2nc([C@@]3(C(C)(C)C)CCCCN3C(=O)O)cc2n1. The highest BCUT2D eigenvalue weighted by Gasteiger charge is 2.53. The van der Waals surface area contributed by atoms with E-state index in [1.165, 1.54) is 0 Å². The first-order valence-electron chi connectivity index (χ1n) is 8.21. The maximum Gasteiger partial charge on any atom is 0.408 e. The molecule has 1 atom stereocenters. The van der Waals surface area contributed by atoms with Crippen molar-refractivity contribution in [3.63, 3.8) is 0 Å². The van der Waals surface area contributed by atoms with Crippen LogP contribution in [0.3, 0.4) is 0 Å². The van der Waals surface area contributed by atoms with Gasteiger partial charge in [-0.05, 0) is 37.7 Å². The van der Waals surface area contributed by atoms with E-state index in [-0.39, 0.29) is 5.41 Å². The van der Waals surface area contributed by atoms with E-state index in [1.807, 2.05) is 13.0 Å². The molecule has 24 heavy (non-hydrogen) atoms. The van der Waals surface area contributed by atoms with Gasteiger partial charge in [0.15, 0.2) is 5.65 Å². The number of rotatable bonds is 1. The second-order valence-corrected chi connectivity index (χ2v) is 7.91. The highest BCUT2D eigenvalue weighted by Crippen LogP contribution is 2.50. The van der Waals surface area contributed by atoms with Gasteiger partial charge >= 0.3 is 6.09 Å². The van der Waals surface area contributed by atoms with Crippen LogP contribution in [0.25, 0.3) is 5.65 Å². The number of nitrogens with zero attached hydrogens (tertiary/aromatic N) is 4. The molecular formula is C17H23ClN4O2. The number of aryl methyl sites for hydroxylation is 1. The number of hydrogen-bond acceptors (Lipinski definition) is 3. The number of likely N-dealkylation sites (tertiary alicyclic amines) is 1. The van der Waals surface area contributed by atoms with Crippen LogP contribution < -0.4 is 0 Å². The van der Waals surface area contributed by atoms with E-state index in [9.17, 15) is 9.90 Å². The molecule has 3 heterocycles. The molecule has 0 spiro atoms. The summed E-state index contributed by atoms with van der Waals surface area (Å²) in [5, 5.41) is 15.0. The molecule has 0 radical (unpaired) electrons. The molecule has 2 aromatic rings. The molecule has 3 rings (SSSR count). The predicted molar refractivity (Wildman–Crippen MR) is 92.4 cm³/mol. The number of halogens is 1. The van der Waals surface area contributed by atoms with Gasteiger partial charge in [-0.15, -0.1) is 0 Å². The predicted octanol–water partition coefficient (Wildman–Crippen LogP) is 4.10. The van der Waals surface area contributed by atoms with Crippen molar-refractivity contribution in [3.05, 3.63) is 28.7 Å². The van der Waals surface area contributed by atoms with E-state index >= 15 is 0 Å². The molecule has 6 nitrogen and oxygen atoms in total. The molecule has 130 valence electrons. The number of hydrogen-bond donors (Lipinski definition) is 1. The lowest BCUT2D eigenvalue weighted by atomic mass is 9.66. The maximum absolute atomic E-state index is 12.0. The lowest BCUT2D eigenvalue weighted by Crippen LogP contribution is -2.59. The summed E-state index contributed by atoms with van der Waals surface area (Å²) in [6.07, 6.45) is 1.67. The Hall–Kier alpha value is -1.82. The molecule has 0 saturated carbocycles. The molecule has 1 saturated heterocycles. The molecule has 1 amide bonds. The highest BCUT2D eigenvalue weighted by molar-refractivity contribution is 6.29. The van der Waals surface area contributed by atoms with Gasteiger partial charge in [-0.3, -0.25) is 4.90 Å². The minimum Gasteiger partial charge on any atom is -0.465 e. The van der Waals surface area contributed by atoms with Gasteiger partial charge in [0.25, 0.3) is 0 Å². The van der Waals surface area contributed by atoms with Gasteiger partial charge < -0.3 is 5.11 Å². The quantitative estimate of drug-likeness (QED) is 0.786. The van der Waals surface area contributed by atoms with Crippen LogP contribution in [0, 0.1) is 12.3 Å². The van der Waals surface area contributed by atoms with Crippen molar-refractivity contribution >= 4 is 23.3 Å². The van der Waals surface area contributed by atoms with Gasteiger partial charge in [-0.2, -0.15) is 5.10 Å². The van der Waals surface area contributed by atoms with E-state index in [4.69, 9.17) is 11.6 Å². The molecule has 0 unspecified atom stereocenters. The summed E-state index contributed by atoms with van der Waals surface area (Å²) in [5.41, 5.74) is 1.17. The lowest BCUT2D eigenvalue weighted by molar-refractivity contribution is -0.0324. The number of fused-ring (bicyclic) bond motifs is 1. The minimum absolute atomic E-state index is 0.314. The minimum atomic E-state index is -0.906. The second-order valence-electron chi connectivity index (χ2n) is 7.52. The number of carboxylic acid groups (broad SMARTS) is 1. The number of aromatic nitrogens is 3. The highest BCUT2D eigenvalue weighted by atomic mass is 35.5. The average molecular weight is 351 g/mol. The normalized spacial score (nSPS) is 22.1. The molecule has 0 bridgehead atoms. The van der Waals surface area contributed by atoms with Crippen LogP contribution in [0.1, 0.15) is 51.4 Å². The molecule has 1 aliphatic rings. The van der Waals surface area contributed by atoms with Gasteiger partial charge in [0.2, 0.25) is 0 Å². The van der Waals surface area contributed by atoms with Crippen molar-refractivity contribution in [2.75, 3.05) is 6.54 Å². The maximum atomic E-state index is 12.0. The van der Waals surface area contributed by atoms with Crippen LogP contribution in [0.2, 0.25) is 5.15 Å². The van der Waals surface area contributed by atoms with Crippen molar-refractivity contribution in [2.24, 2.45) is 5.41 Å². The zero-order valence-corrected chi connectivity index (χ0v) is 15.3. The number of piperidine rings is 1. The van der Waals surface area contributed by atoms with E-state index in [2.05, 4.69) is 30.9 Å². The Morgan fingerprint density at radius 2 is 2.04 bits per heavy atom. The monoisotopic (exact) mass is 350 g/mol. The fraction of sp³-hybridized carbons (Fsp3) is 0.588. The first-order valence-corrected chi connectivity index (χ1v) is 8.58. The van der Waals surface area contributed by atoms with Gasteiger partial charge in [-0.25, -0.2) is 14.3 Å². The topological polar surface area (TPSA) is 70.7 Å². The van der Waals surface area contributed by atoms with Crippen molar-refractivity contribution in [1.29, 1.82) is 0 Å². The zero-order valence-electron chi connectivity index (χ0n) is 14.5. The summed E-state index contributed by atoms with van der Waals surface area (Å²) in [7, 11) is 0. The lowest BCUT2D eigenvalue weighted by Gasteiger charge is -2.52. The molecule has 0 aromatic carbocycles. The molecule has 2 aromatic heterocycles. The van der Waals surface area contributed by atoms with Crippen molar-refractivity contribution in [3.8, 4) is 0 Å². The summed E-state index contributed by atoms with van der Waals surface area (Å²) in [6, 6.07) is 3.64. The summed E-state index contributed by atoms with van der Waals surface area (Å²) in [4.78, 5) is 18.0. The van der Waals surface area contributed by atoms with Crippen LogP contribution in [0.4, 0.5) is 4.79 Å². The van der Waals surface area contributed by atoms with Gasteiger partial charge in [0.1, 0.15) is 5.15 Å². The summed E-state index contributed by atoms with van der Waals surface area (Å²) in [6.45, 7) is 8.60. The standard InChI is InChI=1S/C17H23ClN4O2/c1-11-9-13(18)22-14(19-11)10-12(20-22)17(16(2,3)4)7-5-6-8-21(17)15(23)24/h9-10H,5-8H2,1-4H3,(H,23,24)/t17-/m1/s1. The Labute approximate surface area is 146 Å². The molecule has 1 aliphatic heterocycles. The zero-order chi connectivity index (χ0) is 17.7. The fourth-order valence-electron chi connectivity index (χ4n) is 3.92. The third-order valence-electron chi connectivity index (χ3n) is 5.04. The second kappa shape index (κ2) is 5.62. The molecule has 1 N–H and O–H groups in total. The average Bonchev–Trinajstić information content (AvgIpc) is 2.90. The van der Waals surface area contributed by atoms with Crippen LogP contribution in [0.5, 0.6) is 0 Å². The molecule has 7 heteroatoms. The number of amides is 1. The Bertz CT molecular complexity index is 796.